The van der Waals surface area contributed by atoms with Crippen molar-refractivity contribution in [3.05, 3.63) is 66.4 Å². The van der Waals surface area contributed by atoms with Gasteiger partial charge in [-0.15, -0.1) is 5.10 Å². The molecule has 1 aromatic heterocycles. The maximum absolute atomic E-state index is 12.2. The van der Waals surface area contributed by atoms with Crippen LogP contribution in [0.1, 0.15) is 12.6 Å². The molecule has 7 heteroatoms. The summed E-state index contributed by atoms with van der Waals surface area (Å²) in [6.45, 7) is 4.27. The fourth-order valence-corrected chi connectivity index (χ4v) is 2.30. The summed E-state index contributed by atoms with van der Waals surface area (Å²) in [5.74, 6) is 1.63. The normalized spacial score (nSPS) is 10.1. The van der Waals surface area contributed by atoms with Gasteiger partial charge in [0.1, 0.15) is 11.5 Å². The predicted octanol–water partition coefficient (Wildman–Crippen LogP) is 4.62. The molecule has 138 valence electrons. The van der Waals surface area contributed by atoms with E-state index in [0.29, 0.717) is 35.4 Å². The molecule has 0 aliphatic rings. The molecule has 0 saturated heterocycles. The lowest BCUT2D eigenvalue weighted by molar-refractivity contribution is 0.262. The lowest BCUT2D eigenvalue weighted by atomic mass is 10.3. The summed E-state index contributed by atoms with van der Waals surface area (Å²) in [6.07, 6.45) is 0. The minimum Gasteiger partial charge on any atom is -0.492 e. The largest absolute Gasteiger partial charge is 0.492 e. The smallest absolute Gasteiger partial charge is 0.323 e. The molecule has 0 unspecified atom stereocenters. The van der Waals surface area contributed by atoms with Gasteiger partial charge in [0, 0.05) is 11.8 Å². The van der Waals surface area contributed by atoms with Gasteiger partial charge < -0.3 is 20.1 Å². The third-order valence-corrected chi connectivity index (χ3v) is 3.54. The highest BCUT2D eigenvalue weighted by atomic mass is 16.5. The highest BCUT2D eigenvalue weighted by Crippen LogP contribution is 2.24. The number of hydrogen-bond acceptors (Lipinski definition) is 5. The van der Waals surface area contributed by atoms with Crippen LogP contribution in [0.3, 0.4) is 0 Å². The van der Waals surface area contributed by atoms with E-state index in [0.717, 1.165) is 5.69 Å². The number of hydrogen-bond donors (Lipinski definition) is 2. The average Bonchev–Trinajstić information content (AvgIpc) is 2.67. The summed E-state index contributed by atoms with van der Waals surface area (Å²) in [5.41, 5.74) is 2.05. The number of amides is 2. The lowest BCUT2D eigenvalue weighted by Gasteiger charge is -2.12. The number of aromatic nitrogens is 2. The number of aryl methyl sites for hydroxylation is 1. The minimum atomic E-state index is -0.361. The molecular formula is C20H20N4O3. The molecular weight excluding hydrogens is 344 g/mol. The van der Waals surface area contributed by atoms with Crippen molar-refractivity contribution in [3.63, 3.8) is 0 Å². The van der Waals surface area contributed by atoms with Gasteiger partial charge in [-0.1, -0.05) is 12.1 Å². The summed E-state index contributed by atoms with van der Waals surface area (Å²) in [4.78, 5) is 12.2. The van der Waals surface area contributed by atoms with E-state index in [-0.39, 0.29) is 6.03 Å². The Kier molecular flexibility index (Phi) is 5.84. The zero-order valence-corrected chi connectivity index (χ0v) is 15.1. The van der Waals surface area contributed by atoms with Gasteiger partial charge in [-0.25, -0.2) is 4.79 Å². The van der Waals surface area contributed by atoms with Crippen molar-refractivity contribution in [2.75, 3.05) is 17.2 Å². The van der Waals surface area contributed by atoms with Crippen molar-refractivity contribution in [2.45, 2.75) is 13.8 Å². The monoisotopic (exact) mass is 364 g/mol. The topological polar surface area (TPSA) is 85.4 Å². The second-order valence-corrected chi connectivity index (χ2v) is 5.65. The molecule has 0 saturated carbocycles. The standard InChI is InChI=1S/C20H20N4O3/c1-3-26-18-7-5-4-6-17(18)22-20(25)21-15-9-11-16(12-10-15)27-19-13-8-14(2)23-24-19/h4-13H,3H2,1-2H3,(H2,21,22,25). The Bertz CT molecular complexity index is 896. The minimum absolute atomic E-state index is 0.361. The van der Waals surface area contributed by atoms with Gasteiger partial charge in [0.25, 0.3) is 0 Å². The van der Waals surface area contributed by atoms with Gasteiger partial charge in [0.05, 0.1) is 18.0 Å². The number of ether oxygens (including phenoxy) is 2. The van der Waals surface area contributed by atoms with Crippen LogP contribution in [0.2, 0.25) is 0 Å². The van der Waals surface area contributed by atoms with E-state index >= 15 is 0 Å². The number of carbonyl (C=O) groups is 1. The molecule has 0 radical (unpaired) electrons. The van der Waals surface area contributed by atoms with Crippen molar-refractivity contribution >= 4 is 17.4 Å². The van der Waals surface area contributed by atoms with Crippen molar-refractivity contribution in [3.8, 4) is 17.4 Å². The van der Waals surface area contributed by atoms with E-state index in [9.17, 15) is 4.79 Å². The van der Waals surface area contributed by atoms with Crippen molar-refractivity contribution < 1.29 is 14.3 Å². The van der Waals surface area contributed by atoms with Crippen LogP contribution in [-0.4, -0.2) is 22.8 Å². The Balaban J connectivity index is 1.59. The Morgan fingerprint density at radius 1 is 0.963 bits per heavy atom. The molecule has 2 aromatic carbocycles. The Morgan fingerprint density at radius 2 is 1.74 bits per heavy atom. The van der Waals surface area contributed by atoms with Gasteiger partial charge in [0.15, 0.2) is 0 Å². The van der Waals surface area contributed by atoms with Crippen LogP contribution in [0.15, 0.2) is 60.7 Å². The fourth-order valence-electron chi connectivity index (χ4n) is 2.30. The average molecular weight is 364 g/mol. The summed E-state index contributed by atoms with van der Waals surface area (Å²) in [6, 6.07) is 17.4. The first kappa shape index (κ1) is 18.2. The summed E-state index contributed by atoms with van der Waals surface area (Å²) >= 11 is 0. The molecule has 0 aliphatic heterocycles. The van der Waals surface area contributed by atoms with Gasteiger partial charge in [0.2, 0.25) is 5.88 Å². The zero-order chi connectivity index (χ0) is 19.1. The molecule has 0 fully saturated rings. The van der Waals surface area contributed by atoms with E-state index < -0.39 is 0 Å². The number of nitrogens with zero attached hydrogens (tertiary/aromatic N) is 2. The number of rotatable bonds is 6. The Hall–Kier alpha value is -3.61. The summed E-state index contributed by atoms with van der Waals surface area (Å²) < 4.78 is 11.1. The molecule has 0 spiro atoms. The first-order chi connectivity index (χ1) is 13.1. The second-order valence-electron chi connectivity index (χ2n) is 5.65. The molecule has 3 aromatic rings. The Labute approximate surface area is 157 Å². The highest BCUT2D eigenvalue weighted by Gasteiger charge is 2.08. The molecule has 0 aliphatic carbocycles. The van der Waals surface area contributed by atoms with Gasteiger partial charge in [-0.05, 0) is 56.3 Å². The number of benzene rings is 2. The third kappa shape index (κ3) is 5.18. The van der Waals surface area contributed by atoms with E-state index in [1.165, 1.54) is 0 Å². The molecule has 0 bridgehead atoms. The first-order valence-corrected chi connectivity index (χ1v) is 8.52. The van der Waals surface area contributed by atoms with Gasteiger partial charge in [-0.3, -0.25) is 0 Å². The maximum atomic E-state index is 12.2. The first-order valence-electron chi connectivity index (χ1n) is 8.52. The quantitative estimate of drug-likeness (QED) is 0.666. The number of urea groups is 1. The molecule has 1 heterocycles. The Morgan fingerprint density at radius 3 is 2.44 bits per heavy atom. The van der Waals surface area contributed by atoms with E-state index in [4.69, 9.17) is 9.47 Å². The van der Waals surface area contributed by atoms with Crippen molar-refractivity contribution in [1.29, 1.82) is 0 Å². The molecule has 3 rings (SSSR count). The predicted molar refractivity (Wildman–Crippen MR) is 104 cm³/mol. The zero-order valence-electron chi connectivity index (χ0n) is 15.1. The molecule has 27 heavy (non-hydrogen) atoms. The van der Waals surface area contributed by atoms with E-state index in [1.807, 2.05) is 32.0 Å². The maximum Gasteiger partial charge on any atom is 0.323 e. The molecule has 0 atom stereocenters. The van der Waals surface area contributed by atoms with Crippen molar-refractivity contribution in [1.82, 2.24) is 10.2 Å². The van der Waals surface area contributed by atoms with Crippen LogP contribution in [0.4, 0.5) is 16.2 Å². The van der Waals surface area contributed by atoms with E-state index in [2.05, 4.69) is 20.8 Å². The number of nitrogens with one attached hydrogen (secondary N) is 2. The second kappa shape index (κ2) is 8.66. The van der Waals surface area contributed by atoms with Crippen LogP contribution in [-0.2, 0) is 0 Å². The van der Waals surface area contributed by atoms with Crippen LogP contribution in [0.5, 0.6) is 17.4 Å². The highest BCUT2D eigenvalue weighted by molar-refractivity contribution is 6.00. The van der Waals surface area contributed by atoms with Crippen LogP contribution in [0, 0.1) is 6.92 Å². The summed E-state index contributed by atoms with van der Waals surface area (Å²) in [5, 5.41) is 13.4. The van der Waals surface area contributed by atoms with Crippen LogP contribution >= 0.6 is 0 Å². The van der Waals surface area contributed by atoms with Gasteiger partial charge in [-0.2, -0.15) is 5.10 Å². The van der Waals surface area contributed by atoms with Crippen molar-refractivity contribution in [2.24, 2.45) is 0 Å². The SMILES string of the molecule is CCOc1ccccc1NC(=O)Nc1ccc(Oc2ccc(C)nn2)cc1. The summed E-state index contributed by atoms with van der Waals surface area (Å²) in [7, 11) is 0. The van der Waals surface area contributed by atoms with E-state index in [1.54, 1.807) is 42.5 Å². The number of para-hydroxylation sites is 2. The van der Waals surface area contributed by atoms with Gasteiger partial charge >= 0.3 is 6.03 Å². The number of carbonyl (C=O) groups excluding carboxylic acids is 1. The molecule has 2 amide bonds. The molecule has 2 N–H and O–H groups in total. The molecule has 7 nitrogen and oxygen atoms in total. The van der Waals surface area contributed by atoms with Crippen LogP contribution < -0.4 is 20.1 Å². The number of anilines is 2. The fraction of sp³-hybridized carbons (Fsp3) is 0.150. The lowest BCUT2D eigenvalue weighted by Crippen LogP contribution is -2.19. The van der Waals surface area contributed by atoms with Crippen LogP contribution in [0.25, 0.3) is 0 Å². The third-order valence-electron chi connectivity index (χ3n) is 3.54.